The van der Waals surface area contributed by atoms with E-state index in [1.165, 1.54) is 4.88 Å². The van der Waals surface area contributed by atoms with Gasteiger partial charge in [-0.2, -0.15) is 0 Å². The van der Waals surface area contributed by atoms with E-state index in [1.807, 2.05) is 18.2 Å². The largest absolute Gasteiger partial charge is 0.497 e. The molecule has 1 aromatic heterocycles. The number of thiophene rings is 1. The van der Waals surface area contributed by atoms with E-state index < -0.39 is 0 Å². The molecule has 0 radical (unpaired) electrons. The van der Waals surface area contributed by atoms with Gasteiger partial charge in [0.2, 0.25) is 0 Å². The Morgan fingerprint density at radius 1 is 1.17 bits per heavy atom. The van der Waals surface area contributed by atoms with Gasteiger partial charge in [-0.05, 0) is 42.1 Å². The molecule has 1 unspecified atom stereocenters. The van der Waals surface area contributed by atoms with Crippen LogP contribution < -0.4 is 15.2 Å². The van der Waals surface area contributed by atoms with Crippen LogP contribution in [-0.4, -0.2) is 14.2 Å². The van der Waals surface area contributed by atoms with Gasteiger partial charge < -0.3 is 15.2 Å². The van der Waals surface area contributed by atoms with Crippen molar-refractivity contribution < 1.29 is 9.47 Å². The topological polar surface area (TPSA) is 44.5 Å². The van der Waals surface area contributed by atoms with E-state index in [9.17, 15) is 0 Å². The van der Waals surface area contributed by atoms with E-state index in [2.05, 4.69) is 18.4 Å². The molecule has 18 heavy (non-hydrogen) atoms. The smallest absolute Gasteiger partial charge is 0.124 e. The fraction of sp³-hybridized carbons (Fsp3) is 0.286. The zero-order valence-corrected chi connectivity index (χ0v) is 11.6. The molecule has 0 saturated heterocycles. The second-order valence-corrected chi connectivity index (χ2v) is 5.19. The Labute approximate surface area is 111 Å². The maximum Gasteiger partial charge on any atom is 0.124 e. The van der Waals surface area contributed by atoms with E-state index in [0.717, 1.165) is 22.6 Å². The van der Waals surface area contributed by atoms with Gasteiger partial charge in [-0.15, -0.1) is 11.3 Å². The fourth-order valence-electron chi connectivity index (χ4n) is 1.89. The summed E-state index contributed by atoms with van der Waals surface area (Å²) in [5, 5.41) is 2.08. The number of hydrogen-bond donors (Lipinski definition) is 1. The monoisotopic (exact) mass is 263 g/mol. The molecule has 0 aliphatic rings. The third-order valence-electron chi connectivity index (χ3n) is 2.88. The summed E-state index contributed by atoms with van der Waals surface area (Å²) in [4.78, 5) is 1.25. The number of rotatable bonds is 4. The predicted octanol–water partition coefficient (Wildman–Crippen LogP) is 3.12. The van der Waals surface area contributed by atoms with Crippen LogP contribution in [0.2, 0.25) is 0 Å². The Bertz CT molecular complexity index is 536. The van der Waals surface area contributed by atoms with Crippen LogP contribution in [0.15, 0.2) is 29.6 Å². The standard InChI is InChI=1S/C14H17NO2S/c1-9-6-10(8-18-9)14(15)12-7-11(16-2)4-5-13(12)17-3/h4-8,14H,15H2,1-3H3. The van der Waals surface area contributed by atoms with Crippen LogP contribution in [0.4, 0.5) is 0 Å². The summed E-state index contributed by atoms with van der Waals surface area (Å²) < 4.78 is 10.6. The Morgan fingerprint density at radius 2 is 1.94 bits per heavy atom. The number of aryl methyl sites for hydroxylation is 1. The summed E-state index contributed by atoms with van der Waals surface area (Å²) in [6, 6.07) is 7.59. The minimum absolute atomic E-state index is 0.194. The van der Waals surface area contributed by atoms with Crippen molar-refractivity contribution >= 4 is 11.3 Å². The molecule has 1 heterocycles. The normalized spacial score (nSPS) is 12.2. The van der Waals surface area contributed by atoms with E-state index in [4.69, 9.17) is 15.2 Å². The van der Waals surface area contributed by atoms with E-state index in [1.54, 1.807) is 25.6 Å². The molecule has 0 fully saturated rings. The van der Waals surface area contributed by atoms with Crippen molar-refractivity contribution in [1.82, 2.24) is 0 Å². The number of ether oxygens (including phenoxy) is 2. The number of methoxy groups -OCH3 is 2. The lowest BCUT2D eigenvalue weighted by atomic mass is 10.0. The average molecular weight is 263 g/mol. The third kappa shape index (κ3) is 2.49. The quantitative estimate of drug-likeness (QED) is 0.921. The van der Waals surface area contributed by atoms with Crippen LogP contribution in [0, 0.1) is 6.92 Å². The van der Waals surface area contributed by atoms with Crippen molar-refractivity contribution in [3.8, 4) is 11.5 Å². The third-order valence-corrected chi connectivity index (χ3v) is 3.76. The second kappa shape index (κ2) is 5.42. The number of benzene rings is 1. The summed E-state index contributed by atoms with van der Waals surface area (Å²) in [6.07, 6.45) is 0. The van der Waals surface area contributed by atoms with Crippen molar-refractivity contribution in [3.63, 3.8) is 0 Å². The lowest BCUT2D eigenvalue weighted by Crippen LogP contribution is -2.12. The molecule has 2 rings (SSSR count). The van der Waals surface area contributed by atoms with Crippen LogP contribution in [-0.2, 0) is 0 Å². The van der Waals surface area contributed by atoms with Crippen molar-refractivity contribution in [2.24, 2.45) is 5.73 Å². The first-order valence-corrected chi connectivity index (χ1v) is 6.56. The van der Waals surface area contributed by atoms with Crippen molar-refractivity contribution in [2.75, 3.05) is 14.2 Å². The lowest BCUT2D eigenvalue weighted by Gasteiger charge is -2.16. The zero-order valence-electron chi connectivity index (χ0n) is 10.8. The van der Waals surface area contributed by atoms with Crippen molar-refractivity contribution in [2.45, 2.75) is 13.0 Å². The molecule has 4 heteroatoms. The molecule has 0 bridgehead atoms. The highest BCUT2D eigenvalue weighted by molar-refractivity contribution is 7.10. The summed E-state index contributed by atoms with van der Waals surface area (Å²) >= 11 is 1.70. The van der Waals surface area contributed by atoms with Gasteiger partial charge in [0.15, 0.2) is 0 Å². The first-order chi connectivity index (χ1) is 8.65. The Balaban J connectivity index is 2.41. The first-order valence-electron chi connectivity index (χ1n) is 5.68. The van der Waals surface area contributed by atoms with E-state index >= 15 is 0 Å². The summed E-state index contributed by atoms with van der Waals surface area (Å²) in [7, 11) is 3.29. The molecule has 2 N–H and O–H groups in total. The molecule has 0 aliphatic heterocycles. The van der Waals surface area contributed by atoms with Gasteiger partial charge in [0.1, 0.15) is 11.5 Å². The van der Waals surface area contributed by atoms with Crippen LogP contribution in [0.1, 0.15) is 22.0 Å². The molecular weight excluding hydrogens is 246 g/mol. The fourth-order valence-corrected chi connectivity index (χ4v) is 2.63. The Morgan fingerprint density at radius 3 is 2.50 bits per heavy atom. The van der Waals surface area contributed by atoms with Crippen molar-refractivity contribution in [3.05, 3.63) is 45.6 Å². The highest BCUT2D eigenvalue weighted by atomic mass is 32.1. The van der Waals surface area contributed by atoms with Crippen molar-refractivity contribution in [1.29, 1.82) is 0 Å². The van der Waals surface area contributed by atoms with Gasteiger partial charge >= 0.3 is 0 Å². The molecule has 0 aliphatic carbocycles. The van der Waals surface area contributed by atoms with E-state index in [-0.39, 0.29) is 6.04 Å². The average Bonchev–Trinajstić information content (AvgIpc) is 2.83. The molecule has 3 nitrogen and oxygen atoms in total. The maximum absolute atomic E-state index is 6.30. The molecule has 2 aromatic rings. The minimum Gasteiger partial charge on any atom is -0.497 e. The number of hydrogen-bond acceptors (Lipinski definition) is 4. The first kappa shape index (κ1) is 12.9. The van der Waals surface area contributed by atoms with Crippen LogP contribution in [0.3, 0.4) is 0 Å². The molecule has 0 spiro atoms. The molecular formula is C14H17NO2S. The summed E-state index contributed by atoms with van der Waals surface area (Å²) in [5.41, 5.74) is 8.34. The van der Waals surface area contributed by atoms with Gasteiger partial charge in [0.25, 0.3) is 0 Å². The predicted molar refractivity (Wildman–Crippen MR) is 74.6 cm³/mol. The van der Waals surface area contributed by atoms with Crippen LogP contribution in [0.5, 0.6) is 11.5 Å². The van der Waals surface area contributed by atoms with Gasteiger partial charge in [-0.3, -0.25) is 0 Å². The molecule has 96 valence electrons. The van der Waals surface area contributed by atoms with Gasteiger partial charge in [-0.25, -0.2) is 0 Å². The maximum atomic E-state index is 6.30. The molecule has 1 atom stereocenters. The molecule has 1 aromatic carbocycles. The Kier molecular flexibility index (Phi) is 3.89. The number of nitrogens with two attached hydrogens (primary N) is 1. The molecule has 0 saturated carbocycles. The van der Waals surface area contributed by atoms with Crippen LogP contribution >= 0.6 is 11.3 Å². The second-order valence-electron chi connectivity index (χ2n) is 4.08. The molecule has 0 amide bonds. The highest BCUT2D eigenvalue weighted by Crippen LogP contribution is 2.33. The van der Waals surface area contributed by atoms with E-state index in [0.29, 0.717) is 0 Å². The minimum atomic E-state index is -0.194. The highest BCUT2D eigenvalue weighted by Gasteiger charge is 2.16. The van der Waals surface area contributed by atoms with Gasteiger partial charge in [0, 0.05) is 10.4 Å². The summed E-state index contributed by atoms with van der Waals surface area (Å²) in [6.45, 7) is 2.07. The van der Waals surface area contributed by atoms with Gasteiger partial charge in [-0.1, -0.05) is 0 Å². The SMILES string of the molecule is COc1ccc(OC)c(C(N)c2csc(C)c2)c1. The van der Waals surface area contributed by atoms with Crippen LogP contribution in [0.25, 0.3) is 0 Å². The van der Waals surface area contributed by atoms with Gasteiger partial charge in [0.05, 0.1) is 20.3 Å². The zero-order chi connectivity index (χ0) is 13.1. The summed E-state index contributed by atoms with van der Waals surface area (Å²) in [5.74, 6) is 1.57. The Hall–Kier alpha value is -1.52. The lowest BCUT2D eigenvalue weighted by molar-refractivity contribution is 0.397.